The maximum absolute atomic E-state index is 15.1. The third-order valence-electron chi connectivity index (χ3n) is 6.93. The second kappa shape index (κ2) is 13.5. The van der Waals surface area contributed by atoms with Crippen molar-refractivity contribution in [1.82, 2.24) is 19.9 Å². The molecule has 46 heavy (non-hydrogen) atoms. The molecule has 3 heterocycles. The molecule has 0 aliphatic carbocycles. The summed E-state index contributed by atoms with van der Waals surface area (Å²) in [7, 11) is -4.33. The Bertz CT molecular complexity index is 1840. The molecule has 0 radical (unpaired) electrons. The molecule has 4 aromatic rings. The van der Waals surface area contributed by atoms with E-state index in [9.17, 15) is 35.9 Å². The van der Waals surface area contributed by atoms with Gasteiger partial charge < -0.3 is 20.1 Å². The first-order chi connectivity index (χ1) is 21.9. The normalized spacial score (nSPS) is 16.7. The van der Waals surface area contributed by atoms with E-state index in [2.05, 4.69) is 20.3 Å². The first kappa shape index (κ1) is 32.3. The van der Waals surface area contributed by atoms with E-state index >= 15 is 4.39 Å². The summed E-state index contributed by atoms with van der Waals surface area (Å²) < 4.78 is 104. The summed E-state index contributed by atoms with van der Waals surface area (Å²) in [5, 5.41) is 12.2. The summed E-state index contributed by atoms with van der Waals surface area (Å²) in [6.45, 7) is -0.414. The van der Waals surface area contributed by atoms with Crippen LogP contribution in [0.2, 0.25) is 0 Å². The molecule has 1 saturated heterocycles. The standard InChI is InChI=1S/C29H25F5N6O5S/c30-20-12-22(23(31)24(32)25(20)39-46(43,44)15-16-5-2-1-3-6-16)45-27-19(7-4-9-35-27)21-8-10-36-28(38-21)37-18-11-17(26(33)34)13-40(14-18)29(41)42/h1-10,12,17-18,26,39H,11,13-15H2,(H,41,42)(H,36,37,38). The van der Waals surface area contributed by atoms with E-state index in [-0.39, 0.29) is 42.6 Å². The zero-order valence-corrected chi connectivity index (χ0v) is 24.4. The van der Waals surface area contributed by atoms with Gasteiger partial charge in [0, 0.05) is 43.5 Å². The maximum atomic E-state index is 15.1. The maximum Gasteiger partial charge on any atom is 0.407 e. The van der Waals surface area contributed by atoms with E-state index in [1.54, 1.807) is 22.9 Å². The number of halogens is 5. The van der Waals surface area contributed by atoms with Gasteiger partial charge in [0.15, 0.2) is 17.4 Å². The van der Waals surface area contributed by atoms with Gasteiger partial charge in [0.25, 0.3) is 0 Å². The molecule has 0 saturated carbocycles. The van der Waals surface area contributed by atoms with Crippen molar-refractivity contribution in [2.24, 2.45) is 5.92 Å². The smallest absolute Gasteiger partial charge is 0.407 e. The zero-order valence-electron chi connectivity index (χ0n) is 23.6. The molecule has 0 bridgehead atoms. The minimum Gasteiger partial charge on any atom is -0.465 e. The lowest BCUT2D eigenvalue weighted by Crippen LogP contribution is -2.50. The Morgan fingerprint density at radius 3 is 2.50 bits per heavy atom. The number of nitrogens with zero attached hydrogens (tertiary/aromatic N) is 4. The number of rotatable bonds is 10. The lowest BCUT2D eigenvalue weighted by molar-refractivity contribution is 0.0261. The van der Waals surface area contributed by atoms with E-state index < -0.39 is 69.1 Å². The quantitative estimate of drug-likeness (QED) is 0.143. The summed E-state index contributed by atoms with van der Waals surface area (Å²) in [5.41, 5.74) is -0.655. The van der Waals surface area contributed by atoms with E-state index in [0.717, 1.165) is 4.90 Å². The van der Waals surface area contributed by atoms with Gasteiger partial charge in [-0.15, -0.1) is 0 Å². The molecule has 1 aliphatic rings. The minimum atomic E-state index is -4.33. The second-order valence-corrected chi connectivity index (χ2v) is 12.0. The number of sulfonamides is 1. The van der Waals surface area contributed by atoms with Gasteiger partial charge in [-0.1, -0.05) is 30.3 Å². The van der Waals surface area contributed by atoms with Crippen LogP contribution in [0.1, 0.15) is 12.0 Å². The summed E-state index contributed by atoms with van der Waals surface area (Å²) in [4.78, 5) is 24.7. The molecule has 5 rings (SSSR count). The van der Waals surface area contributed by atoms with E-state index in [4.69, 9.17) is 4.74 Å². The highest BCUT2D eigenvalue weighted by molar-refractivity contribution is 7.91. The fourth-order valence-corrected chi connectivity index (χ4v) is 6.04. The number of nitrogens with one attached hydrogen (secondary N) is 2. The fourth-order valence-electron chi connectivity index (χ4n) is 4.84. The number of hydrogen-bond acceptors (Lipinski definition) is 8. The average molecular weight is 665 g/mol. The monoisotopic (exact) mass is 664 g/mol. The third-order valence-corrected chi connectivity index (χ3v) is 8.16. The highest BCUT2D eigenvalue weighted by Crippen LogP contribution is 2.36. The van der Waals surface area contributed by atoms with E-state index in [0.29, 0.717) is 11.6 Å². The van der Waals surface area contributed by atoms with Gasteiger partial charge in [-0.2, -0.15) is 4.39 Å². The molecule has 2 aromatic carbocycles. The number of amides is 1. The molecule has 3 N–H and O–H groups in total. The van der Waals surface area contributed by atoms with Crippen molar-refractivity contribution in [3.63, 3.8) is 0 Å². The van der Waals surface area contributed by atoms with Crippen LogP contribution in [0.15, 0.2) is 67.0 Å². The van der Waals surface area contributed by atoms with Crippen molar-refractivity contribution >= 4 is 27.8 Å². The van der Waals surface area contributed by atoms with Crippen LogP contribution in [-0.2, 0) is 15.8 Å². The minimum absolute atomic E-state index is 0.0482. The summed E-state index contributed by atoms with van der Waals surface area (Å²) in [6.07, 6.45) is -1.58. The Morgan fingerprint density at radius 1 is 1.02 bits per heavy atom. The number of anilines is 2. The number of ether oxygens (including phenoxy) is 1. The van der Waals surface area contributed by atoms with Crippen LogP contribution in [0.3, 0.4) is 0 Å². The Morgan fingerprint density at radius 2 is 1.78 bits per heavy atom. The molecule has 0 spiro atoms. The lowest BCUT2D eigenvalue weighted by atomic mass is 9.95. The number of aromatic nitrogens is 3. The predicted octanol–water partition coefficient (Wildman–Crippen LogP) is 5.74. The van der Waals surface area contributed by atoms with Gasteiger partial charge in [-0.3, -0.25) is 4.72 Å². The summed E-state index contributed by atoms with van der Waals surface area (Å²) in [5.74, 6) is -8.15. The molecule has 1 aliphatic heterocycles. The van der Waals surface area contributed by atoms with Crippen molar-refractivity contribution in [3.8, 4) is 22.9 Å². The largest absolute Gasteiger partial charge is 0.465 e. The average Bonchev–Trinajstić information content (AvgIpc) is 3.02. The second-order valence-electron chi connectivity index (χ2n) is 10.3. The van der Waals surface area contributed by atoms with Crippen LogP contribution >= 0.6 is 0 Å². The molecule has 11 nitrogen and oxygen atoms in total. The topological polar surface area (TPSA) is 147 Å². The van der Waals surface area contributed by atoms with Crippen LogP contribution < -0.4 is 14.8 Å². The van der Waals surface area contributed by atoms with Crippen LogP contribution in [0.5, 0.6) is 11.6 Å². The van der Waals surface area contributed by atoms with Crippen molar-refractivity contribution in [3.05, 3.63) is 90.0 Å². The number of carboxylic acid groups (broad SMARTS) is 1. The highest BCUT2D eigenvalue weighted by atomic mass is 32.2. The molecule has 2 atom stereocenters. The molecule has 242 valence electrons. The number of alkyl halides is 2. The molecular formula is C29H25F5N6O5S. The molecule has 17 heteroatoms. The SMILES string of the molecule is O=C(O)N1CC(Nc2nccc(-c3cccnc3Oc3cc(F)c(NS(=O)(=O)Cc4ccccc4)c(F)c3F)n2)CC(C(F)F)C1. The Balaban J connectivity index is 1.37. The van der Waals surface area contributed by atoms with Crippen molar-refractivity contribution in [2.45, 2.75) is 24.6 Å². The summed E-state index contributed by atoms with van der Waals surface area (Å²) >= 11 is 0. The first-order valence-corrected chi connectivity index (χ1v) is 15.3. The summed E-state index contributed by atoms with van der Waals surface area (Å²) in [6, 6.07) is 11.9. The molecular weight excluding hydrogens is 639 g/mol. The van der Waals surface area contributed by atoms with Crippen LogP contribution in [0.25, 0.3) is 11.3 Å². The fraction of sp³-hybridized carbons (Fsp3) is 0.241. The zero-order chi connectivity index (χ0) is 33.0. The first-order valence-electron chi connectivity index (χ1n) is 13.6. The van der Waals surface area contributed by atoms with Gasteiger partial charge in [0.05, 0.1) is 17.0 Å². The van der Waals surface area contributed by atoms with Crippen LogP contribution in [0, 0.1) is 23.4 Å². The van der Waals surface area contributed by atoms with E-state index in [1.165, 1.54) is 42.7 Å². The number of piperidine rings is 1. The lowest BCUT2D eigenvalue weighted by Gasteiger charge is -2.36. The highest BCUT2D eigenvalue weighted by Gasteiger charge is 2.35. The Hall–Kier alpha value is -5.06. The molecule has 1 fully saturated rings. The van der Waals surface area contributed by atoms with Crippen molar-refractivity contribution in [1.29, 1.82) is 0 Å². The molecule has 2 aromatic heterocycles. The Labute approximate surface area is 259 Å². The number of pyridine rings is 1. The number of hydrogen-bond donors (Lipinski definition) is 3. The van der Waals surface area contributed by atoms with Gasteiger partial charge in [-0.05, 0) is 30.2 Å². The third kappa shape index (κ3) is 7.59. The van der Waals surface area contributed by atoms with Crippen molar-refractivity contribution in [2.75, 3.05) is 23.1 Å². The van der Waals surface area contributed by atoms with Gasteiger partial charge in [0.1, 0.15) is 5.69 Å². The van der Waals surface area contributed by atoms with Gasteiger partial charge in [0.2, 0.25) is 34.1 Å². The molecule has 1 amide bonds. The van der Waals surface area contributed by atoms with Crippen LogP contribution in [0.4, 0.5) is 38.4 Å². The van der Waals surface area contributed by atoms with Crippen LogP contribution in [-0.4, -0.2) is 65.0 Å². The van der Waals surface area contributed by atoms with Gasteiger partial charge >= 0.3 is 6.09 Å². The van der Waals surface area contributed by atoms with Crippen molar-refractivity contribution < 1.29 is 45.0 Å². The number of benzene rings is 2. The number of likely N-dealkylation sites (tertiary alicyclic amines) is 1. The predicted molar refractivity (Wildman–Crippen MR) is 155 cm³/mol. The van der Waals surface area contributed by atoms with Gasteiger partial charge in [-0.25, -0.2) is 45.7 Å². The number of carbonyl (C=O) groups is 1. The van der Waals surface area contributed by atoms with E-state index in [1.807, 2.05) is 0 Å². The molecule has 2 unspecified atom stereocenters. The Kier molecular flexibility index (Phi) is 9.50.